The monoisotopic (exact) mass is 330 g/mol. The molecule has 0 amide bonds. The van der Waals surface area contributed by atoms with E-state index in [2.05, 4.69) is 15.5 Å². The van der Waals surface area contributed by atoms with Crippen molar-refractivity contribution in [1.82, 2.24) is 10.1 Å². The SMILES string of the molecule is CC(=O)c1sc(NCc2noc(C)n2)c(S(C)(=O)=O)c1N. The molecule has 0 spiro atoms. The summed E-state index contributed by atoms with van der Waals surface area (Å²) >= 11 is 0.996. The molecule has 0 bridgehead atoms. The van der Waals surface area contributed by atoms with E-state index in [-0.39, 0.29) is 27.8 Å². The number of aryl methyl sites for hydroxylation is 1. The molecule has 0 unspecified atom stereocenters. The third kappa shape index (κ3) is 3.22. The molecule has 2 heterocycles. The van der Waals surface area contributed by atoms with E-state index in [0.29, 0.717) is 16.7 Å². The van der Waals surface area contributed by atoms with E-state index >= 15 is 0 Å². The van der Waals surface area contributed by atoms with Crippen LogP contribution in [0.5, 0.6) is 0 Å². The average molecular weight is 330 g/mol. The minimum Gasteiger partial charge on any atom is -0.396 e. The van der Waals surface area contributed by atoms with Crippen LogP contribution in [0.3, 0.4) is 0 Å². The van der Waals surface area contributed by atoms with Crippen LogP contribution >= 0.6 is 11.3 Å². The minimum atomic E-state index is -3.57. The number of rotatable bonds is 5. The van der Waals surface area contributed by atoms with Gasteiger partial charge in [0.2, 0.25) is 5.89 Å². The second-order valence-corrected chi connectivity index (χ2v) is 7.39. The topological polar surface area (TPSA) is 128 Å². The van der Waals surface area contributed by atoms with Crippen molar-refractivity contribution < 1.29 is 17.7 Å². The molecule has 0 aliphatic heterocycles. The number of nitrogens with one attached hydrogen (secondary N) is 1. The Morgan fingerprint density at radius 1 is 1.48 bits per heavy atom. The highest BCUT2D eigenvalue weighted by Gasteiger charge is 2.25. The molecule has 2 aromatic heterocycles. The van der Waals surface area contributed by atoms with Gasteiger partial charge in [-0.05, 0) is 0 Å². The Kier molecular flexibility index (Phi) is 4.01. The Labute approximate surface area is 125 Å². The summed E-state index contributed by atoms with van der Waals surface area (Å²) in [6.07, 6.45) is 1.04. The Balaban J connectivity index is 2.38. The molecular weight excluding hydrogens is 316 g/mol. The number of sulfone groups is 1. The molecule has 114 valence electrons. The van der Waals surface area contributed by atoms with Gasteiger partial charge in [0.05, 0.1) is 17.1 Å². The maximum atomic E-state index is 11.9. The number of nitrogens with two attached hydrogens (primary N) is 1. The minimum absolute atomic E-state index is 0.0261. The van der Waals surface area contributed by atoms with Crippen molar-refractivity contribution >= 4 is 37.6 Å². The second-order valence-electron chi connectivity index (χ2n) is 4.41. The van der Waals surface area contributed by atoms with Crippen LogP contribution in [-0.4, -0.2) is 30.6 Å². The quantitative estimate of drug-likeness (QED) is 0.784. The maximum absolute atomic E-state index is 11.9. The lowest BCUT2D eigenvalue weighted by Gasteiger charge is -2.04. The molecule has 2 rings (SSSR count). The van der Waals surface area contributed by atoms with E-state index in [1.165, 1.54) is 6.92 Å². The van der Waals surface area contributed by atoms with Crippen LogP contribution < -0.4 is 11.1 Å². The number of nitrogen functional groups attached to an aromatic ring is 1. The van der Waals surface area contributed by atoms with E-state index in [0.717, 1.165) is 17.6 Å². The van der Waals surface area contributed by atoms with Crippen molar-refractivity contribution in [1.29, 1.82) is 0 Å². The lowest BCUT2D eigenvalue weighted by atomic mass is 10.3. The first kappa shape index (κ1) is 15.4. The zero-order chi connectivity index (χ0) is 15.8. The van der Waals surface area contributed by atoms with Crippen molar-refractivity contribution in [3.63, 3.8) is 0 Å². The first-order valence-corrected chi connectivity index (χ1v) is 8.57. The number of hydrogen-bond donors (Lipinski definition) is 2. The average Bonchev–Trinajstić information content (AvgIpc) is 2.89. The third-order valence-electron chi connectivity index (χ3n) is 2.57. The fourth-order valence-corrected chi connectivity index (χ4v) is 4.21. The van der Waals surface area contributed by atoms with Crippen molar-refractivity contribution in [2.24, 2.45) is 0 Å². The highest BCUT2D eigenvalue weighted by atomic mass is 32.2. The van der Waals surface area contributed by atoms with Crippen LogP contribution in [0.25, 0.3) is 0 Å². The van der Waals surface area contributed by atoms with E-state index in [9.17, 15) is 13.2 Å². The predicted molar refractivity (Wildman–Crippen MR) is 78.2 cm³/mol. The fraction of sp³-hybridized carbons (Fsp3) is 0.364. The zero-order valence-corrected chi connectivity index (χ0v) is 13.3. The summed E-state index contributed by atoms with van der Waals surface area (Å²) in [5.74, 6) is 0.499. The molecule has 0 radical (unpaired) electrons. The Bertz CT molecular complexity index is 791. The molecule has 0 aliphatic rings. The van der Waals surface area contributed by atoms with Gasteiger partial charge in [-0.15, -0.1) is 11.3 Å². The van der Waals surface area contributed by atoms with Gasteiger partial charge in [-0.2, -0.15) is 4.98 Å². The van der Waals surface area contributed by atoms with Crippen LogP contribution in [0.1, 0.15) is 28.3 Å². The van der Waals surface area contributed by atoms with Gasteiger partial charge in [-0.25, -0.2) is 8.42 Å². The number of Topliss-reactive ketones (excluding diaryl/α,β-unsaturated/α-hetero) is 1. The smallest absolute Gasteiger partial charge is 0.223 e. The lowest BCUT2D eigenvalue weighted by molar-refractivity contribution is 0.102. The summed E-state index contributed by atoms with van der Waals surface area (Å²) in [5.41, 5.74) is 5.76. The van der Waals surface area contributed by atoms with Crippen molar-refractivity contribution in [3.05, 3.63) is 16.6 Å². The van der Waals surface area contributed by atoms with Crippen molar-refractivity contribution in [3.8, 4) is 0 Å². The zero-order valence-electron chi connectivity index (χ0n) is 11.6. The number of aromatic nitrogens is 2. The largest absolute Gasteiger partial charge is 0.396 e. The molecule has 0 atom stereocenters. The van der Waals surface area contributed by atoms with Crippen molar-refractivity contribution in [2.45, 2.75) is 25.3 Å². The standard InChI is InChI=1S/C11H14N4O4S2/c1-5(16)9-8(12)10(21(3,17)18)11(20-9)13-4-7-14-6(2)19-15-7/h13H,4,12H2,1-3H3. The molecule has 0 saturated carbocycles. The molecule has 3 N–H and O–H groups in total. The molecule has 0 fully saturated rings. The van der Waals surface area contributed by atoms with Gasteiger partial charge in [0, 0.05) is 20.1 Å². The first-order chi connectivity index (χ1) is 9.70. The van der Waals surface area contributed by atoms with Crippen LogP contribution in [0.4, 0.5) is 10.7 Å². The number of anilines is 2. The van der Waals surface area contributed by atoms with Gasteiger partial charge in [-0.1, -0.05) is 5.16 Å². The summed E-state index contributed by atoms with van der Waals surface area (Å²) in [4.78, 5) is 15.6. The Morgan fingerprint density at radius 2 is 2.14 bits per heavy atom. The van der Waals surface area contributed by atoms with Crippen LogP contribution in [0.15, 0.2) is 9.42 Å². The number of ketones is 1. The number of nitrogens with zero attached hydrogens (tertiary/aromatic N) is 2. The molecular formula is C11H14N4O4S2. The van der Waals surface area contributed by atoms with Crippen LogP contribution in [0, 0.1) is 6.92 Å². The molecule has 10 heteroatoms. The highest BCUT2D eigenvalue weighted by Crippen LogP contribution is 2.39. The maximum Gasteiger partial charge on any atom is 0.223 e. The van der Waals surface area contributed by atoms with E-state index in [4.69, 9.17) is 10.3 Å². The van der Waals surface area contributed by atoms with Gasteiger partial charge in [0.1, 0.15) is 9.90 Å². The van der Waals surface area contributed by atoms with E-state index in [1.54, 1.807) is 6.92 Å². The van der Waals surface area contributed by atoms with E-state index < -0.39 is 9.84 Å². The highest BCUT2D eigenvalue weighted by molar-refractivity contribution is 7.91. The molecule has 0 aromatic carbocycles. The third-order valence-corrected chi connectivity index (χ3v) is 5.13. The first-order valence-electron chi connectivity index (χ1n) is 5.86. The van der Waals surface area contributed by atoms with Crippen LogP contribution in [0.2, 0.25) is 0 Å². The van der Waals surface area contributed by atoms with E-state index in [1.807, 2.05) is 0 Å². The van der Waals surface area contributed by atoms with Gasteiger partial charge in [0.25, 0.3) is 0 Å². The summed E-state index contributed by atoms with van der Waals surface area (Å²) in [7, 11) is -3.57. The lowest BCUT2D eigenvalue weighted by Crippen LogP contribution is -2.07. The van der Waals surface area contributed by atoms with Crippen LogP contribution in [-0.2, 0) is 16.4 Å². The Hall–Kier alpha value is -1.94. The molecule has 0 saturated heterocycles. The predicted octanol–water partition coefficient (Wildman–Crippen LogP) is 1.24. The molecule has 2 aromatic rings. The number of thiophene rings is 1. The number of carbonyl (C=O) groups excluding carboxylic acids is 1. The van der Waals surface area contributed by atoms with Gasteiger partial charge in [-0.3, -0.25) is 4.79 Å². The fourth-order valence-electron chi connectivity index (χ4n) is 1.75. The second kappa shape index (κ2) is 5.45. The number of carbonyl (C=O) groups is 1. The van der Waals surface area contributed by atoms with Gasteiger partial charge >= 0.3 is 0 Å². The molecule has 8 nitrogen and oxygen atoms in total. The van der Waals surface area contributed by atoms with Gasteiger partial charge in [0.15, 0.2) is 21.4 Å². The number of hydrogen-bond acceptors (Lipinski definition) is 9. The summed E-state index contributed by atoms with van der Waals surface area (Å²) in [6.45, 7) is 3.15. The summed E-state index contributed by atoms with van der Waals surface area (Å²) in [6, 6.07) is 0. The summed E-state index contributed by atoms with van der Waals surface area (Å²) in [5, 5.41) is 6.88. The molecule has 21 heavy (non-hydrogen) atoms. The van der Waals surface area contributed by atoms with Crippen molar-refractivity contribution in [2.75, 3.05) is 17.3 Å². The summed E-state index contributed by atoms with van der Waals surface area (Å²) < 4.78 is 28.5. The van der Waals surface area contributed by atoms with Gasteiger partial charge < -0.3 is 15.6 Å². The molecule has 0 aliphatic carbocycles. The normalized spacial score (nSPS) is 11.6. The Morgan fingerprint density at radius 3 is 2.62 bits per heavy atom.